The van der Waals surface area contributed by atoms with E-state index in [4.69, 9.17) is 14.6 Å². The Morgan fingerprint density at radius 1 is 1.00 bits per heavy atom. The molecular formula is C22H31N3O8. The second kappa shape index (κ2) is 12.1. The molecule has 182 valence electrons. The summed E-state index contributed by atoms with van der Waals surface area (Å²) in [6, 6.07) is 7.27. The van der Waals surface area contributed by atoms with Crippen LogP contribution in [0.4, 0.5) is 0 Å². The second-order valence-corrected chi connectivity index (χ2v) is 8.09. The highest BCUT2D eigenvalue weighted by atomic mass is 16.6. The molecule has 0 spiro atoms. The average molecular weight is 466 g/mol. The molecule has 5 atom stereocenters. The fourth-order valence-corrected chi connectivity index (χ4v) is 3.65. The van der Waals surface area contributed by atoms with Gasteiger partial charge in [-0.1, -0.05) is 24.5 Å². The van der Waals surface area contributed by atoms with Crippen LogP contribution in [0.5, 0.6) is 5.75 Å². The number of aromatic nitrogens is 3. The zero-order valence-corrected chi connectivity index (χ0v) is 18.2. The molecular weight excluding hydrogens is 434 g/mol. The molecule has 1 fully saturated rings. The lowest BCUT2D eigenvalue weighted by atomic mass is 9.98. The summed E-state index contributed by atoms with van der Waals surface area (Å²) in [6.45, 7) is 0.0563. The van der Waals surface area contributed by atoms with Crippen LogP contribution in [0.15, 0.2) is 30.5 Å². The number of aliphatic hydroxyl groups excluding tert-OH is 4. The predicted octanol–water partition coefficient (Wildman–Crippen LogP) is 0.721. The summed E-state index contributed by atoms with van der Waals surface area (Å²) in [5, 5.41) is 56.1. The number of nitrogens with zero attached hydrogens (tertiary/aromatic N) is 3. The Labute approximate surface area is 191 Å². The lowest BCUT2D eigenvalue weighted by Gasteiger charge is -2.39. The Hall–Kier alpha value is -2.57. The third kappa shape index (κ3) is 6.71. The van der Waals surface area contributed by atoms with Gasteiger partial charge in [-0.3, -0.25) is 4.79 Å². The van der Waals surface area contributed by atoms with Crippen LogP contribution in [0, 0.1) is 0 Å². The van der Waals surface area contributed by atoms with Crippen LogP contribution in [0.25, 0.3) is 11.3 Å². The highest BCUT2D eigenvalue weighted by Gasteiger charge is 2.44. The van der Waals surface area contributed by atoms with Crippen LogP contribution in [0.2, 0.25) is 0 Å². The van der Waals surface area contributed by atoms with Gasteiger partial charge in [0.25, 0.3) is 0 Å². The average Bonchev–Trinajstić information content (AvgIpc) is 3.29. The molecule has 2 heterocycles. The first-order valence-corrected chi connectivity index (χ1v) is 11.1. The Morgan fingerprint density at radius 3 is 2.39 bits per heavy atom. The number of ether oxygens (including phenoxy) is 2. The number of rotatable bonds is 12. The smallest absolute Gasteiger partial charge is 0.303 e. The Bertz CT molecular complexity index is 873. The molecule has 3 rings (SSSR count). The molecule has 0 aliphatic carbocycles. The standard InChI is InChI=1S/C22H31N3O8/c26-13-17-19(29)20(30)21(31)22(33-17)25-12-16(23-24-25)14-7-9-15(10-8-14)32-11-5-3-1-2-4-6-18(27)28/h7-10,12,17,19-22,26,29-31H,1-6,11,13H2,(H,27,28)/t17-,19-,20+,21+,22+/m1/s1. The predicted molar refractivity (Wildman–Crippen MR) is 115 cm³/mol. The van der Waals surface area contributed by atoms with E-state index in [1.807, 2.05) is 24.3 Å². The first-order valence-electron chi connectivity index (χ1n) is 11.1. The van der Waals surface area contributed by atoms with E-state index in [-0.39, 0.29) is 6.42 Å². The van der Waals surface area contributed by atoms with Gasteiger partial charge in [0.1, 0.15) is 35.9 Å². The molecule has 11 nitrogen and oxygen atoms in total. The molecule has 1 saturated heterocycles. The monoisotopic (exact) mass is 465 g/mol. The molecule has 11 heteroatoms. The van der Waals surface area contributed by atoms with E-state index in [1.54, 1.807) is 6.20 Å². The third-order valence-electron chi connectivity index (χ3n) is 5.59. The van der Waals surface area contributed by atoms with E-state index in [2.05, 4.69) is 10.3 Å². The van der Waals surface area contributed by atoms with E-state index < -0.39 is 43.2 Å². The molecule has 0 saturated carbocycles. The number of carbonyl (C=O) groups is 1. The van der Waals surface area contributed by atoms with Gasteiger partial charge in [0.15, 0.2) is 6.23 Å². The summed E-state index contributed by atoms with van der Waals surface area (Å²) in [5.74, 6) is -0.0378. The van der Waals surface area contributed by atoms with Crippen LogP contribution in [0.1, 0.15) is 44.8 Å². The molecule has 1 aliphatic heterocycles. The number of carboxylic acids is 1. The molecule has 1 aromatic heterocycles. The highest BCUT2D eigenvalue weighted by Crippen LogP contribution is 2.29. The summed E-state index contributed by atoms with van der Waals surface area (Å²) in [6.07, 6.45) is -0.250. The van der Waals surface area contributed by atoms with Crippen LogP contribution in [-0.4, -0.2) is 84.1 Å². The SMILES string of the molecule is O=C(O)CCCCCCCOc1ccc(-c2cn([C@H]3O[C@H](CO)[C@@H](O)[C@H](O)[C@@H]3O)nn2)cc1. The van der Waals surface area contributed by atoms with Gasteiger partial charge in [-0.2, -0.15) is 0 Å². The van der Waals surface area contributed by atoms with Gasteiger partial charge in [-0.15, -0.1) is 5.10 Å². The van der Waals surface area contributed by atoms with Gasteiger partial charge in [0, 0.05) is 12.0 Å². The van der Waals surface area contributed by atoms with E-state index in [1.165, 1.54) is 4.68 Å². The first kappa shape index (κ1) is 25.1. The summed E-state index contributed by atoms with van der Waals surface area (Å²) in [5.41, 5.74) is 1.27. The first-order chi connectivity index (χ1) is 15.9. The molecule has 2 aromatic rings. The highest BCUT2D eigenvalue weighted by molar-refractivity contribution is 5.66. The number of aliphatic hydroxyl groups is 4. The Balaban J connectivity index is 1.48. The molecule has 0 bridgehead atoms. The van der Waals surface area contributed by atoms with Crippen molar-refractivity contribution in [1.82, 2.24) is 15.0 Å². The maximum atomic E-state index is 10.5. The number of benzene rings is 1. The van der Waals surface area contributed by atoms with E-state index in [9.17, 15) is 25.2 Å². The summed E-state index contributed by atoms with van der Waals surface area (Å²) in [4.78, 5) is 10.5. The topological polar surface area (TPSA) is 167 Å². The minimum atomic E-state index is -1.49. The van der Waals surface area contributed by atoms with Crippen molar-refractivity contribution in [3.05, 3.63) is 30.5 Å². The Morgan fingerprint density at radius 2 is 1.70 bits per heavy atom. The van der Waals surface area contributed by atoms with E-state index in [0.717, 1.165) is 31.2 Å². The quantitative estimate of drug-likeness (QED) is 0.282. The van der Waals surface area contributed by atoms with Gasteiger partial charge in [-0.05, 0) is 37.1 Å². The molecule has 0 unspecified atom stereocenters. The lowest BCUT2D eigenvalue weighted by molar-refractivity contribution is -0.254. The van der Waals surface area contributed by atoms with Crippen LogP contribution in [-0.2, 0) is 9.53 Å². The lowest BCUT2D eigenvalue weighted by Crippen LogP contribution is -2.56. The van der Waals surface area contributed by atoms with Crippen LogP contribution in [0.3, 0.4) is 0 Å². The van der Waals surface area contributed by atoms with Crippen molar-refractivity contribution in [2.24, 2.45) is 0 Å². The van der Waals surface area contributed by atoms with Crippen LogP contribution >= 0.6 is 0 Å². The molecule has 1 aromatic carbocycles. The number of hydrogen-bond donors (Lipinski definition) is 5. The van der Waals surface area contributed by atoms with Crippen molar-refractivity contribution < 1.29 is 39.8 Å². The van der Waals surface area contributed by atoms with Crippen LogP contribution < -0.4 is 4.74 Å². The van der Waals surface area contributed by atoms with Gasteiger partial charge in [0.2, 0.25) is 0 Å². The van der Waals surface area contributed by atoms with Gasteiger partial charge in [-0.25, -0.2) is 4.68 Å². The second-order valence-electron chi connectivity index (χ2n) is 8.09. The summed E-state index contributed by atoms with van der Waals surface area (Å²) >= 11 is 0. The number of hydrogen-bond acceptors (Lipinski definition) is 9. The van der Waals surface area contributed by atoms with Gasteiger partial charge < -0.3 is 35.0 Å². The normalized spacial score (nSPS) is 25.2. The summed E-state index contributed by atoms with van der Waals surface area (Å²) < 4.78 is 12.5. The molecule has 1 aliphatic rings. The van der Waals surface area contributed by atoms with Gasteiger partial charge in [0.05, 0.1) is 19.4 Å². The summed E-state index contributed by atoms with van der Waals surface area (Å²) in [7, 11) is 0. The van der Waals surface area contributed by atoms with Crippen molar-refractivity contribution in [1.29, 1.82) is 0 Å². The minimum Gasteiger partial charge on any atom is -0.494 e. The maximum Gasteiger partial charge on any atom is 0.303 e. The van der Waals surface area contributed by atoms with Crippen molar-refractivity contribution in [3.63, 3.8) is 0 Å². The van der Waals surface area contributed by atoms with Crippen molar-refractivity contribution >= 4 is 5.97 Å². The number of unbranched alkanes of at least 4 members (excludes halogenated alkanes) is 4. The molecule has 33 heavy (non-hydrogen) atoms. The van der Waals surface area contributed by atoms with E-state index in [0.29, 0.717) is 24.5 Å². The minimum absolute atomic E-state index is 0.221. The maximum absolute atomic E-state index is 10.5. The Kier molecular flexibility index (Phi) is 9.15. The fraction of sp³-hybridized carbons (Fsp3) is 0.591. The number of aliphatic carboxylic acids is 1. The molecule has 0 radical (unpaired) electrons. The van der Waals surface area contributed by atoms with Crippen molar-refractivity contribution in [3.8, 4) is 17.0 Å². The zero-order valence-electron chi connectivity index (χ0n) is 18.2. The van der Waals surface area contributed by atoms with Gasteiger partial charge >= 0.3 is 5.97 Å². The molecule has 5 N–H and O–H groups in total. The van der Waals surface area contributed by atoms with E-state index >= 15 is 0 Å². The number of carboxylic acid groups (broad SMARTS) is 1. The molecule has 0 amide bonds. The van der Waals surface area contributed by atoms with Crippen molar-refractivity contribution in [2.75, 3.05) is 13.2 Å². The zero-order chi connectivity index (χ0) is 23.8. The third-order valence-corrected chi connectivity index (χ3v) is 5.59. The fourth-order valence-electron chi connectivity index (χ4n) is 3.65. The van der Waals surface area contributed by atoms with Crippen molar-refractivity contribution in [2.45, 2.75) is 69.2 Å². The largest absolute Gasteiger partial charge is 0.494 e.